The molecule has 0 aromatic carbocycles. The Balaban J connectivity index is 2.15. The molecule has 3 atom stereocenters. The third kappa shape index (κ3) is 6.33. The van der Waals surface area contributed by atoms with Gasteiger partial charge >= 0.3 is 6.18 Å². The Hall–Kier alpha value is -2.73. The summed E-state index contributed by atoms with van der Waals surface area (Å²) in [5, 5.41) is 15.0. The fourth-order valence-electron chi connectivity index (χ4n) is 3.83. The number of nitrogens with one attached hydrogen (secondary N) is 2. The molecule has 8 nitrogen and oxygen atoms in total. The summed E-state index contributed by atoms with van der Waals surface area (Å²) in [5.74, 6) is -1.18. The molecule has 2 aromatic heterocycles. The number of carbonyl (C=O) groups is 2. The van der Waals surface area contributed by atoms with Gasteiger partial charge in [-0.15, -0.1) is 11.3 Å². The van der Waals surface area contributed by atoms with E-state index in [1.807, 2.05) is 6.92 Å². The Morgan fingerprint density at radius 2 is 1.92 bits per heavy atom. The number of likely N-dealkylation sites (tertiary alicyclic amines) is 1. The highest BCUT2D eigenvalue weighted by Gasteiger charge is 2.38. The van der Waals surface area contributed by atoms with Crippen LogP contribution in [0.15, 0.2) is 12.3 Å². The number of hydrogen-bond donors (Lipinski definition) is 3. The van der Waals surface area contributed by atoms with Crippen LogP contribution in [0.25, 0.3) is 10.4 Å². The Morgan fingerprint density at radius 3 is 2.44 bits per heavy atom. The van der Waals surface area contributed by atoms with Crippen molar-refractivity contribution in [3.63, 3.8) is 0 Å². The second-order valence-corrected chi connectivity index (χ2v) is 11.2. The van der Waals surface area contributed by atoms with Gasteiger partial charge in [0, 0.05) is 29.9 Å². The number of aliphatic hydroxyl groups is 1. The predicted octanol–water partition coefficient (Wildman–Crippen LogP) is 4.56. The van der Waals surface area contributed by atoms with Crippen LogP contribution in [-0.4, -0.2) is 62.1 Å². The van der Waals surface area contributed by atoms with Crippen LogP contribution in [0.3, 0.4) is 0 Å². The van der Waals surface area contributed by atoms with Crippen molar-refractivity contribution < 1.29 is 27.9 Å². The van der Waals surface area contributed by atoms with Crippen molar-refractivity contribution in [2.24, 2.45) is 0 Å². The molecule has 0 radical (unpaired) electrons. The van der Waals surface area contributed by atoms with Crippen molar-refractivity contribution >= 4 is 29.0 Å². The van der Waals surface area contributed by atoms with Gasteiger partial charge in [-0.3, -0.25) is 9.59 Å². The summed E-state index contributed by atoms with van der Waals surface area (Å²) < 4.78 is 42.6. The van der Waals surface area contributed by atoms with Gasteiger partial charge in [-0.05, 0) is 60.5 Å². The normalized spacial score (nSPS) is 18.2. The van der Waals surface area contributed by atoms with E-state index in [2.05, 4.69) is 20.6 Å². The largest absolute Gasteiger partial charge is 0.417 e. The number of thiazole rings is 1. The van der Waals surface area contributed by atoms with Gasteiger partial charge in [0.05, 0.1) is 22.6 Å². The van der Waals surface area contributed by atoms with Crippen LogP contribution in [0, 0.1) is 0 Å². The second kappa shape index (κ2) is 10.3. The summed E-state index contributed by atoms with van der Waals surface area (Å²) in [6.07, 6.45) is -3.00. The van der Waals surface area contributed by atoms with Gasteiger partial charge in [-0.1, -0.05) is 0 Å². The molecule has 1 saturated heterocycles. The molecule has 3 rings (SSSR count). The summed E-state index contributed by atoms with van der Waals surface area (Å²) in [6.45, 7) is 10.8. The van der Waals surface area contributed by atoms with Crippen LogP contribution in [0.4, 0.5) is 19.0 Å². The molecule has 36 heavy (non-hydrogen) atoms. The molecule has 0 saturated carbocycles. The minimum atomic E-state index is -4.75. The van der Waals surface area contributed by atoms with Crippen LogP contribution in [0.2, 0.25) is 0 Å². The summed E-state index contributed by atoms with van der Waals surface area (Å²) in [7, 11) is 0. The van der Waals surface area contributed by atoms with Crippen molar-refractivity contribution in [3.05, 3.63) is 28.5 Å². The fraction of sp³-hybridized carbons (Fsp3) is 0.583. The molecule has 1 aliphatic heterocycles. The molecule has 2 aromatic rings. The first-order chi connectivity index (χ1) is 16.6. The van der Waals surface area contributed by atoms with Crippen LogP contribution < -0.4 is 10.6 Å². The zero-order valence-corrected chi connectivity index (χ0v) is 22.0. The van der Waals surface area contributed by atoms with Gasteiger partial charge in [-0.25, -0.2) is 9.97 Å². The number of amides is 2. The molecule has 0 aliphatic carbocycles. The lowest BCUT2D eigenvalue weighted by Crippen LogP contribution is -2.39. The predicted molar refractivity (Wildman–Crippen MR) is 132 cm³/mol. The maximum absolute atomic E-state index is 14.2. The minimum absolute atomic E-state index is 0.0351. The first-order valence-electron chi connectivity index (χ1n) is 11.7. The SMILES string of the molecule is C[C@H](O)[C@H](C)NC(=O)c1nc(C(=O)N2CCC[C@@H]2C)c(-c2cnc(NC(C)(C)C)cc2C(F)(F)F)s1. The highest BCUT2D eigenvalue weighted by Crippen LogP contribution is 2.42. The van der Waals surface area contributed by atoms with E-state index < -0.39 is 41.2 Å². The third-order valence-electron chi connectivity index (χ3n) is 5.88. The van der Waals surface area contributed by atoms with Gasteiger partial charge in [0.15, 0.2) is 5.01 Å². The fourth-order valence-corrected chi connectivity index (χ4v) is 4.81. The van der Waals surface area contributed by atoms with Gasteiger partial charge < -0.3 is 20.6 Å². The van der Waals surface area contributed by atoms with E-state index in [1.54, 1.807) is 32.6 Å². The van der Waals surface area contributed by atoms with E-state index in [4.69, 9.17) is 0 Å². The van der Waals surface area contributed by atoms with E-state index in [1.165, 1.54) is 6.92 Å². The van der Waals surface area contributed by atoms with Crippen LogP contribution in [-0.2, 0) is 6.18 Å². The lowest BCUT2D eigenvalue weighted by molar-refractivity contribution is -0.137. The topological polar surface area (TPSA) is 107 Å². The van der Waals surface area contributed by atoms with E-state index in [9.17, 15) is 27.9 Å². The smallest absolute Gasteiger partial charge is 0.391 e. The quantitative estimate of drug-likeness (QED) is 0.509. The van der Waals surface area contributed by atoms with E-state index >= 15 is 0 Å². The second-order valence-electron chi connectivity index (χ2n) is 10.2. The van der Waals surface area contributed by atoms with Gasteiger partial charge in [0.25, 0.3) is 11.8 Å². The number of rotatable bonds is 6. The van der Waals surface area contributed by atoms with Crippen LogP contribution >= 0.6 is 11.3 Å². The van der Waals surface area contributed by atoms with Gasteiger partial charge in [0.2, 0.25) is 0 Å². The summed E-state index contributed by atoms with van der Waals surface area (Å²) >= 11 is 0.699. The molecule has 1 fully saturated rings. The minimum Gasteiger partial charge on any atom is -0.391 e. The molecule has 0 unspecified atom stereocenters. The Bertz CT molecular complexity index is 1130. The average molecular weight is 528 g/mol. The lowest BCUT2D eigenvalue weighted by Gasteiger charge is -2.23. The number of pyridine rings is 1. The molecule has 3 heterocycles. The number of hydrogen-bond acceptors (Lipinski definition) is 7. The number of carbonyl (C=O) groups excluding carboxylic acids is 2. The molecular weight excluding hydrogens is 495 g/mol. The van der Waals surface area contributed by atoms with E-state index in [-0.39, 0.29) is 33.0 Å². The zero-order chi connectivity index (χ0) is 27.0. The number of anilines is 1. The standard InChI is InChI=1S/C24H32F3N5O3S/c1-12-8-7-9-32(12)22(35)18-19(36-21(30-18)20(34)29-13(2)14(3)33)15-11-28-17(31-23(4,5)6)10-16(15)24(25,26)27/h10-14,33H,7-9H2,1-6H3,(H,28,31)(H,29,34)/t12-,13-,14-/m0/s1. The molecule has 0 bridgehead atoms. The van der Waals surface area contributed by atoms with Crippen molar-refractivity contribution in [1.29, 1.82) is 0 Å². The first kappa shape index (κ1) is 27.9. The molecule has 0 spiro atoms. The average Bonchev–Trinajstić information content (AvgIpc) is 3.38. The van der Waals surface area contributed by atoms with E-state index in [0.717, 1.165) is 25.1 Å². The number of aromatic nitrogens is 2. The molecule has 2 amide bonds. The Labute approximate surface area is 212 Å². The first-order valence-corrected chi connectivity index (χ1v) is 12.6. The molecular formula is C24H32F3N5O3S. The lowest BCUT2D eigenvalue weighted by atomic mass is 10.1. The maximum atomic E-state index is 14.2. The number of aliphatic hydroxyl groups excluding tert-OH is 1. The summed E-state index contributed by atoms with van der Waals surface area (Å²) in [4.78, 5) is 36.1. The van der Waals surface area contributed by atoms with Crippen LogP contribution in [0.1, 0.15) is 80.2 Å². The molecule has 12 heteroatoms. The third-order valence-corrected chi connectivity index (χ3v) is 6.96. The highest BCUT2D eigenvalue weighted by molar-refractivity contribution is 7.17. The Kier molecular flexibility index (Phi) is 7.99. The monoisotopic (exact) mass is 527 g/mol. The van der Waals surface area contributed by atoms with Crippen molar-refractivity contribution in [1.82, 2.24) is 20.2 Å². The molecule has 198 valence electrons. The summed E-state index contributed by atoms with van der Waals surface area (Å²) in [5.41, 5.74) is -2.05. The number of halogens is 3. The van der Waals surface area contributed by atoms with Gasteiger partial charge in [-0.2, -0.15) is 13.2 Å². The molecule has 1 aliphatic rings. The number of alkyl halides is 3. The Morgan fingerprint density at radius 1 is 1.25 bits per heavy atom. The zero-order valence-electron chi connectivity index (χ0n) is 21.2. The maximum Gasteiger partial charge on any atom is 0.417 e. The van der Waals surface area contributed by atoms with Crippen molar-refractivity contribution in [3.8, 4) is 10.4 Å². The van der Waals surface area contributed by atoms with Gasteiger partial charge in [0.1, 0.15) is 11.5 Å². The van der Waals surface area contributed by atoms with Crippen molar-refractivity contribution in [2.45, 2.75) is 84.3 Å². The summed E-state index contributed by atoms with van der Waals surface area (Å²) in [6, 6.07) is 0.179. The van der Waals surface area contributed by atoms with Crippen LogP contribution in [0.5, 0.6) is 0 Å². The number of nitrogens with zero attached hydrogens (tertiary/aromatic N) is 3. The van der Waals surface area contributed by atoms with E-state index in [0.29, 0.717) is 17.9 Å². The molecule has 3 N–H and O–H groups in total. The highest BCUT2D eigenvalue weighted by atomic mass is 32.1. The van der Waals surface area contributed by atoms with Crippen molar-refractivity contribution in [2.75, 3.05) is 11.9 Å².